The summed E-state index contributed by atoms with van der Waals surface area (Å²) in [6.45, 7) is 3.55. The van der Waals surface area contributed by atoms with Crippen molar-refractivity contribution in [2.45, 2.75) is 63.3 Å². The molecule has 0 bridgehead atoms. The van der Waals surface area contributed by atoms with Gasteiger partial charge in [0, 0.05) is 18.3 Å². The number of nitrogens with zero attached hydrogens (tertiary/aromatic N) is 2. The SMILES string of the molecule is CC(C)n1cc(S(=O)(=O)[N-]C(=O)Nc2c3c(cc4c2CCC4)CCC3)ccc1=O.[Na+]. The number of benzene rings is 1. The summed E-state index contributed by atoms with van der Waals surface area (Å²) in [5.74, 6) is 0. The number of carbonyl (C=O) groups is 1. The molecule has 1 heterocycles. The molecule has 2 aromatic rings. The van der Waals surface area contributed by atoms with Gasteiger partial charge in [-0.3, -0.25) is 9.59 Å². The number of aryl methyl sites for hydroxylation is 2. The molecule has 1 aromatic heterocycles. The molecular formula is C21H24N3NaO4S. The number of rotatable bonds is 4. The molecule has 0 unspecified atom stereocenters. The van der Waals surface area contributed by atoms with Gasteiger partial charge in [0.15, 0.2) is 6.03 Å². The zero-order valence-electron chi connectivity index (χ0n) is 17.6. The van der Waals surface area contributed by atoms with Gasteiger partial charge in [-0.15, -0.1) is 0 Å². The average Bonchev–Trinajstić information content (AvgIpc) is 3.30. The zero-order valence-corrected chi connectivity index (χ0v) is 20.4. The third-order valence-corrected chi connectivity index (χ3v) is 6.92. The Hall–Kier alpha value is -1.61. The second-order valence-electron chi connectivity index (χ2n) is 7.93. The number of pyridine rings is 1. The summed E-state index contributed by atoms with van der Waals surface area (Å²) in [7, 11) is -4.23. The van der Waals surface area contributed by atoms with Gasteiger partial charge >= 0.3 is 29.6 Å². The minimum Gasteiger partial charge on any atom is -0.423 e. The molecule has 2 amide bonds. The van der Waals surface area contributed by atoms with Crippen molar-refractivity contribution < 1.29 is 42.8 Å². The van der Waals surface area contributed by atoms with Crippen LogP contribution in [0.15, 0.2) is 34.1 Å². The van der Waals surface area contributed by atoms with Crippen LogP contribution >= 0.6 is 0 Å². The van der Waals surface area contributed by atoms with E-state index in [0.717, 1.165) is 55.3 Å². The number of amides is 2. The third kappa shape index (κ3) is 4.37. The van der Waals surface area contributed by atoms with Gasteiger partial charge in [-0.25, -0.2) is 8.42 Å². The van der Waals surface area contributed by atoms with Crippen LogP contribution in [-0.4, -0.2) is 19.0 Å². The van der Waals surface area contributed by atoms with Gasteiger partial charge in [-0.05, 0) is 86.4 Å². The minimum absolute atomic E-state index is 0. The van der Waals surface area contributed by atoms with E-state index in [1.165, 1.54) is 34.0 Å². The quantitative estimate of drug-likeness (QED) is 0.712. The number of hydrogen-bond acceptors (Lipinski definition) is 4. The fourth-order valence-electron chi connectivity index (χ4n) is 4.30. The van der Waals surface area contributed by atoms with Crippen molar-refractivity contribution >= 4 is 21.7 Å². The molecule has 0 aliphatic heterocycles. The smallest absolute Gasteiger partial charge is 0.423 e. The number of carbonyl (C=O) groups excluding carboxylic acids is 1. The van der Waals surface area contributed by atoms with Gasteiger partial charge in [0.25, 0.3) is 5.56 Å². The van der Waals surface area contributed by atoms with Gasteiger partial charge in [0.2, 0.25) is 10.0 Å². The van der Waals surface area contributed by atoms with Gasteiger partial charge in [-0.2, -0.15) is 0 Å². The van der Waals surface area contributed by atoms with E-state index >= 15 is 0 Å². The summed E-state index contributed by atoms with van der Waals surface area (Å²) in [4.78, 5) is 24.3. The Morgan fingerprint density at radius 3 is 2.23 bits per heavy atom. The van der Waals surface area contributed by atoms with Crippen LogP contribution in [0.1, 0.15) is 55.0 Å². The molecule has 0 saturated carbocycles. The zero-order chi connectivity index (χ0) is 20.8. The molecule has 7 nitrogen and oxygen atoms in total. The summed E-state index contributed by atoms with van der Waals surface area (Å²) in [5.41, 5.74) is 5.16. The van der Waals surface area contributed by atoms with E-state index in [9.17, 15) is 18.0 Å². The molecule has 154 valence electrons. The van der Waals surface area contributed by atoms with Gasteiger partial charge in [-0.1, -0.05) is 6.07 Å². The number of sulfonamides is 1. The number of aromatic nitrogens is 1. The predicted octanol–water partition coefficient (Wildman–Crippen LogP) is 0.705. The van der Waals surface area contributed by atoms with Crippen LogP contribution in [0.3, 0.4) is 0 Å². The number of fused-ring (bicyclic) bond motifs is 2. The summed E-state index contributed by atoms with van der Waals surface area (Å²) in [6.07, 6.45) is 7.03. The molecule has 0 atom stereocenters. The second-order valence-corrected chi connectivity index (χ2v) is 9.54. The number of urea groups is 1. The average molecular weight is 437 g/mol. The van der Waals surface area contributed by atoms with E-state index in [2.05, 4.69) is 16.1 Å². The Kier molecular flexibility index (Phi) is 6.81. The summed E-state index contributed by atoms with van der Waals surface area (Å²) in [6, 6.07) is 3.49. The van der Waals surface area contributed by atoms with E-state index < -0.39 is 16.1 Å². The van der Waals surface area contributed by atoms with Crippen LogP contribution in [0.4, 0.5) is 10.5 Å². The maximum Gasteiger partial charge on any atom is 1.00 e. The van der Waals surface area contributed by atoms with E-state index in [1.807, 2.05) is 0 Å². The van der Waals surface area contributed by atoms with Crippen LogP contribution in [0.5, 0.6) is 0 Å². The molecule has 4 rings (SSSR count). The Morgan fingerprint density at radius 1 is 1.07 bits per heavy atom. The van der Waals surface area contributed by atoms with E-state index in [0.29, 0.717) is 0 Å². The van der Waals surface area contributed by atoms with Crippen LogP contribution in [0.25, 0.3) is 4.72 Å². The molecule has 2 aliphatic rings. The van der Waals surface area contributed by atoms with Crippen LogP contribution in [0.2, 0.25) is 0 Å². The molecule has 1 aromatic carbocycles. The van der Waals surface area contributed by atoms with Crippen molar-refractivity contribution in [2.24, 2.45) is 0 Å². The summed E-state index contributed by atoms with van der Waals surface area (Å²) >= 11 is 0. The van der Waals surface area contributed by atoms with Crippen LogP contribution in [0, 0.1) is 0 Å². The monoisotopic (exact) mass is 437 g/mol. The third-order valence-electron chi connectivity index (χ3n) is 5.67. The molecule has 2 aliphatic carbocycles. The molecule has 30 heavy (non-hydrogen) atoms. The maximum absolute atomic E-state index is 12.6. The van der Waals surface area contributed by atoms with Crippen molar-refractivity contribution in [1.29, 1.82) is 0 Å². The Labute approximate surface area is 198 Å². The van der Waals surface area contributed by atoms with Gasteiger partial charge < -0.3 is 14.6 Å². The van der Waals surface area contributed by atoms with Gasteiger partial charge in [0.1, 0.15) is 0 Å². The minimum atomic E-state index is -4.23. The fraction of sp³-hybridized carbons (Fsp3) is 0.429. The first-order valence-electron chi connectivity index (χ1n) is 9.94. The summed E-state index contributed by atoms with van der Waals surface area (Å²) in [5, 5.41) is 2.76. The number of anilines is 1. The maximum atomic E-state index is 12.6. The van der Waals surface area contributed by atoms with E-state index in [-0.39, 0.29) is 46.1 Å². The Bertz CT molecular complexity index is 1120. The Balaban J connectivity index is 0.00000256. The van der Waals surface area contributed by atoms with E-state index in [1.54, 1.807) is 13.8 Å². The Morgan fingerprint density at radius 2 is 1.67 bits per heavy atom. The first-order chi connectivity index (χ1) is 13.8. The van der Waals surface area contributed by atoms with Crippen molar-refractivity contribution in [3.8, 4) is 0 Å². The van der Waals surface area contributed by atoms with Crippen LogP contribution < -0.4 is 40.4 Å². The first-order valence-corrected chi connectivity index (χ1v) is 11.4. The van der Waals surface area contributed by atoms with E-state index in [4.69, 9.17) is 0 Å². The molecule has 9 heteroatoms. The largest absolute Gasteiger partial charge is 1.00 e. The molecular weight excluding hydrogens is 413 g/mol. The van der Waals surface area contributed by atoms with Crippen molar-refractivity contribution in [2.75, 3.05) is 5.32 Å². The number of nitrogens with one attached hydrogen (secondary N) is 1. The van der Waals surface area contributed by atoms with Crippen LogP contribution in [-0.2, 0) is 35.7 Å². The molecule has 0 spiro atoms. The standard InChI is InChI=1S/C21H25N3O4S.Na/c1-13(2)24-12-16(9-10-19(24)25)29(27,28)23-21(26)22-20-17-7-3-5-14(17)11-15-6-4-8-18(15)20;/h9-13H,3-8H2,1-2H3,(H2,22,23,26);/q;+1/p-1. The van der Waals surface area contributed by atoms with Crippen molar-refractivity contribution in [3.05, 3.63) is 61.7 Å². The first kappa shape index (κ1) is 23.1. The molecule has 0 saturated heterocycles. The predicted molar refractivity (Wildman–Crippen MR) is 111 cm³/mol. The topological polar surface area (TPSA) is 99.3 Å². The summed E-state index contributed by atoms with van der Waals surface area (Å²) < 4.78 is 30.1. The number of hydrogen-bond donors (Lipinski definition) is 1. The molecule has 1 N–H and O–H groups in total. The second kappa shape index (κ2) is 8.86. The van der Waals surface area contributed by atoms with Gasteiger partial charge in [0.05, 0.1) is 4.90 Å². The normalized spacial score (nSPS) is 14.8. The van der Waals surface area contributed by atoms with Crippen molar-refractivity contribution in [3.63, 3.8) is 0 Å². The molecule has 0 fully saturated rings. The fourth-order valence-corrected chi connectivity index (χ4v) is 5.15. The van der Waals surface area contributed by atoms with Crippen molar-refractivity contribution in [1.82, 2.24) is 4.57 Å². The molecule has 0 radical (unpaired) electrons.